The van der Waals surface area contributed by atoms with Crippen molar-refractivity contribution in [2.24, 2.45) is 18.7 Å². The van der Waals surface area contributed by atoms with E-state index in [1.807, 2.05) is 11.7 Å². The van der Waals surface area contributed by atoms with Crippen LogP contribution in [0.25, 0.3) is 0 Å². The molecule has 1 aromatic rings. The maximum atomic E-state index is 6.03. The van der Waals surface area contributed by atoms with E-state index in [-0.39, 0.29) is 6.04 Å². The maximum absolute atomic E-state index is 6.03. The zero-order valence-electron chi connectivity index (χ0n) is 7.62. The summed E-state index contributed by atoms with van der Waals surface area (Å²) in [6.45, 7) is 2.20. The Kier molecular flexibility index (Phi) is 1.68. The lowest BCUT2D eigenvalue weighted by Crippen LogP contribution is -2.25. The Morgan fingerprint density at radius 1 is 1.67 bits per heavy atom. The van der Waals surface area contributed by atoms with Gasteiger partial charge in [0.2, 0.25) is 0 Å². The van der Waals surface area contributed by atoms with E-state index in [0.717, 1.165) is 12.1 Å². The largest absolute Gasteiger partial charge is 0.322 e. The lowest BCUT2D eigenvalue weighted by Gasteiger charge is -2.23. The molecule has 0 aliphatic heterocycles. The highest BCUT2D eigenvalue weighted by molar-refractivity contribution is 5.23. The zero-order valence-corrected chi connectivity index (χ0v) is 7.62. The van der Waals surface area contributed by atoms with E-state index in [2.05, 4.69) is 18.2 Å². The van der Waals surface area contributed by atoms with E-state index in [0.29, 0.717) is 5.92 Å². The third-order valence-electron chi connectivity index (χ3n) is 2.73. The standard InChI is InChI=1S/C9H15N3/c1-6-3-4-7-5-12(2)11-9(7)8(6)10/h5-6,8H,3-4,10H2,1-2H3. The van der Waals surface area contributed by atoms with E-state index in [1.54, 1.807) is 0 Å². The predicted molar refractivity (Wildman–Crippen MR) is 47.6 cm³/mol. The van der Waals surface area contributed by atoms with E-state index < -0.39 is 0 Å². The lowest BCUT2D eigenvalue weighted by molar-refractivity contribution is 0.403. The maximum Gasteiger partial charge on any atom is 0.0826 e. The van der Waals surface area contributed by atoms with Crippen LogP contribution in [0.3, 0.4) is 0 Å². The molecule has 0 saturated carbocycles. The summed E-state index contributed by atoms with van der Waals surface area (Å²) in [6.07, 6.45) is 4.42. The highest BCUT2D eigenvalue weighted by Crippen LogP contribution is 2.30. The molecular formula is C9H15N3. The highest BCUT2D eigenvalue weighted by Gasteiger charge is 2.25. The first-order valence-electron chi connectivity index (χ1n) is 4.46. The smallest absolute Gasteiger partial charge is 0.0826 e. The van der Waals surface area contributed by atoms with Crippen LogP contribution in [0.15, 0.2) is 6.20 Å². The van der Waals surface area contributed by atoms with Crippen LogP contribution in [0.5, 0.6) is 0 Å². The summed E-state index contributed by atoms with van der Waals surface area (Å²) in [5.41, 5.74) is 8.47. The molecule has 3 heteroatoms. The van der Waals surface area contributed by atoms with Gasteiger partial charge in [-0.05, 0) is 24.3 Å². The van der Waals surface area contributed by atoms with Crippen LogP contribution < -0.4 is 5.73 Å². The summed E-state index contributed by atoms with van der Waals surface area (Å²) in [6, 6.07) is 0.148. The van der Waals surface area contributed by atoms with E-state index in [9.17, 15) is 0 Å². The number of aromatic nitrogens is 2. The molecule has 1 aliphatic rings. The first-order valence-corrected chi connectivity index (χ1v) is 4.46. The first-order chi connectivity index (χ1) is 5.68. The van der Waals surface area contributed by atoms with Gasteiger partial charge in [-0.3, -0.25) is 4.68 Å². The monoisotopic (exact) mass is 165 g/mol. The summed E-state index contributed by atoms with van der Waals surface area (Å²) < 4.78 is 1.86. The fourth-order valence-corrected chi connectivity index (χ4v) is 1.86. The van der Waals surface area contributed by atoms with Crippen molar-refractivity contribution in [1.82, 2.24) is 9.78 Å². The van der Waals surface area contributed by atoms with Gasteiger partial charge in [0.15, 0.2) is 0 Å². The number of rotatable bonds is 0. The first kappa shape index (κ1) is 7.80. The number of hydrogen-bond acceptors (Lipinski definition) is 2. The number of fused-ring (bicyclic) bond motifs is 1. The molecule has 1 heterocycles. The second kappa shape index (κ2) is 2.59. The number of nitrogens with zero attached hydrogens (tertiary/aromatic N) is 2. The average Bonchev–Trinajstić information content (AvgIpc) is 2.39. The number of aryl methyl sites for hydroxylation is 2. The van der Waals surface area contributed by atoms with Crippen LogP contribution in [-0.2, 0) is 13.5 Å². The Morgan fingerprint density at radius 2 is 2.42 bits per heavy atom. The van der Waals surface area contributed by atoms with Crippen LogP contribution in [0.4, 0.5) is 0 Å². The fraction of sp³-hybridized carbons (Fsp3) is 0.667. The zero-order chi connectivity index (χ0) is 8.72. The Hall–Kier alpha value is -0.830. The Labute approximate surface area is 72.6 Å². The molecule has 0 fully saturated rings. The molecule has 1 aliphatic carbocycles. The Bertz CT molecular complexity index is 290. The van der Waals surface area contributed by atoms with Gasteiger partial charge in [0.1, 0.15) is 0 Å². The van der Waals surface area contributed by atoms with Crippen molar-refractivity contribution < 1.29 is 0 Å². The molecule has 0 bridgehead atoms. The van der Waals surface area contributed by atoms with Gasteiger partial charge in [0.25, 0.3) is 0 Å². The topological polar surface area (TPSA) is 43.8 Å². The van der Waals surface area contributed by atoms with Crippen LogP contribution in [0, 0.1) is 5.92 Å². The van der Waals surface area contributed by atoms with Gasteiger partial charge in [0.05, 0.1) is 11.7 Å². The lowest BCUT2D eigenvalue weighted by atomic mass is 9.86. The molecule has 1 aromatic heterocycles. The van der Waals surface area contributed by atoms with Crippen molar-refractivity contribution in [3.05, 3.63) is 17.5 Å². The van der Waals surface area contributed by atoms with Crippen molar-refractivity contribution in [3.8, 4) is 0 Å². The SMILES string of the molecule is CC1CCc2cn(C)nc2C1N. The minimum Gasteiger partial charge on any atom is -0.322 e. The van der Waals surface area contributed by atoms with Crippen molar-refractivity contribution in [2.45, 2.75) is 25.8 Å². The predicted octanol–water partition coefficient (Wildman–Crippen LogP) is 1.00. The molecule has 2 rings (SSSR count). The minimum atomic E-state index is 0.148. The second-order valence-corrected chi connectivity index (χ2v) is 3.75. The third-order valence-corrected chi connectivity index (χ3v) is 2.73. The quantitative estimate of drug-likeness (QED) is 0.623. The molecule has 66 valence electrons. The van der Waals surface area contributed by atoms with E-state index in [1.165, 1.54) is 12.0 Å². The van der Waals surface area contributed by atoms with Gasteiger partial charge in [-0.1, -0.05) is 6.92 Å². The molecule has 3 nitrogen and oxygen atoms in total. The second-order valence-electron chi connectivity index (χ2n) is 3.75. The van der Waals surface area contributed by atoms with Gasteiger partial charge in [-0.25, -0.2) is 0 Å². The van der Waals surface area contributed by atoms with Gasteiger partial charge >= 0.3 is 0 Å². The third kappa shape index (κ3) is 1.05. The molecule has 2 N–H and O–H groups in total. The van der Waals surface area contributed by atoms with Crippen LogP contribution in [0.1, 0.15) is 30.6 Å². The van der Waals surface area contributed by atoms with Crippen molar-refractivity contribution in [3.63, 3.8) is 0 Å². The van der Waals surface area contributed by atoms with Gasteiger partial charge in [-0.2, -0.15) is 5.10 Å². The van der Waals surface area contributed by atoms with Crippen LogP contribution in [0.2, 0.25) is 0 Å². The van der Waals surface area contributed by atoms with E-state index in [4.69, 9.17) is 5.73 Å². The summed E-state index contributed by atoms with van der Waals surface area (Å²) >= 11 is 0. The minimum absolute atomic E-state index is 0.148. The summed E-state index contributed by atoms with van der Waals surface area (Å²) in [5, 5.41) is 4.37. The molecule has 2 unspecified atom stereocenters. The van der Waals surface area contributed by atoms with Crippen molar-refractivity contribution in [1.29, 1.82) is 0 Å². The number of nitrogens with two attached hydrogens (primary N) is 1. The van der Waals surface area contributed by atoms with Gasteiger partial charge < -0.3 is 5.73 Å². The fourth-order valence-electron chi connectivity index (χ4n) is 1.86. The average molecular weight is 165 g/mol. The summed E-state index contributed by atoms with van der Waals surface area (Å²) in [7, 11) is 1.95. The van der Waals surface area contributed by atoms with Crippen LogP contribution >= 0.6 is 0 Å². The van der Waals surface area contributed by atoms with Crippen LogP contribution in [-0.4, -0.2) is 9.78 Å². The van der Waals surface area contributed by atoms with Gasteiger partial charge in [-0.15, -0.1) is 0 Å². The highest BCUT2D eigenvalue weighted by atomic mass is 15.3. The van der Waals surface area contributed by atoms with Crippen molar-refractivity contribution >= 4 is 0 Å². The molecule has 0 saturated heterocycles. The van der Waals surface area contributed by atoms with E-state index >= 15 is 0 Å². The van der Waals surface area contributed by atoms with Gasteiger partial charge in [0, 0.05) is 13.2 Å². The summed E-state index contributed by atoms with van der Waals surface area (Å²) in [4.78, 5) is 0. The Balaban J connectivity index is 2.41. The molecule has 0 aromatic carbocycles. The molecule has 0 spiro atoms. The normalized spacial score (nSPS) is 28.6. The molecular weight excluding hydrogens is 150 g/mol. The molecule has 12 heavy (non-hydrogen) atoms. The molecule has 0 radical (unpaired) electrons. The number of hydrogen-bond donors (Lipinski definition) is 1. The molecule has 0 amide bonds. The molecule has 2 atom stereocenters. The summed E-state index contributed by atoms with van der Waals surface area (Å²) in [5.74, 6) is 0.576. The van der Waals surface area contributed by atoms with Crippen molar-refractivity contribution in [2.75, 3.05) is 0 Å². The Morgan fingerprint density at radius 3 is 3.17 bits per heavy atom.